The van der Waals surface area contributed by atoms with Crippen molar-refractivity contribution in [1.82, 2.24) is 5.32 Å². The molecule has 8 heteroatoms. The van der Waals surface area contributed by atoms with E-state index in [0.717, 1.165) is 11.6 Å². The van der Waals surface area contributed by atoms with Gasteiger partial charge in [-0.05, 0) is 30.0 Å². The lowest BCUT2D eigenvalue weighted by atomic mass is 9.73. The fourth-order valence-electron chi connectivity index (χ4n) is 3.58. The van der Waals surface area contributed by atoms with Crippen LogP contribution in [0, 0.1) is 10.1 Å². The number of non-ortho nitro benzene ring substituents is 1. The van der Waals surface area contributed by atoms with Crippen LogP contribution in [-0.2, 0) is 22.9 Å². The fraction of sp³-hybridized carbons (Fsp3) is 0.400. The van der Waals surface area contributed by atoms with Gasteiger partial charge in [0.05, 0.1) is 10.5 Å². The normalized spacial score (nSPS) is 16.7. The molecular weight excluding hydrogens is 373 g/mol. The van der Waals surface area contributed by atoms with Crippen molar-refractivity contribution in [3.63, 3.8) is 0 Å². The molecule has 1 heterocycles. The lowest BCUT2D eigenvalue weighted by Gasteiger charge is -2.38. The molecule has 0 saturated carbocycles. The number of alkyl halides is 3. The highest BCUT2D eigenvalue weighted by atomic mass is 19.4. The zero-order valence-electron chi connectivity index (χ0n) is 15.2. The molecule has 2 aromatic carbocycles. The van der Waals surface area contributed by atoms with E-state index in [1.807, 2.05) is 0 Å². The lowest BCUT2D eigenvalue weighted by Crippen LogP contribution is -2.42. The van der Waals surface area contributed by atoms with Crippen molar-refractivity contribution < 1.29 is 22.8 Å². The second kappa shape index (κ2) is 8.28. The molecule has 1 saturated heterocycles. The van der Waals surface area contributed by atoms with Gasteiger partial charge in [0, 0.05) is 43.9 Å². The van der Waals surface area contributed by atoms with Gasteiger partial charge in [0.15, 0.2) is 0 Å². The predicted molar refractivity (Wildman–Crippen MR) is 98.0 cm³/mol. The third kappa shape index (κ3) is 4.69. The maximum absolute atomic E-state index is 13.1. The Bertz CT molecular complexity index is 833. The summed E-state index contributed by atoms with van der Waals surface area (Å²) in [6, 6.07) is 11.8. The van der Waals surface area contributed by atoms with E-state index in [0.29, 0.717) is 44.7 Å². The van der Waals surface area contributed by atoms with Crippen LogP contribution >= 0.6 is 0 Å². The molecule has 0 spiro atoms. The molecule has 0 amide bonds. The van der Waals surface area contributed by atoms with Crippen molar-refractivity contribution in [1.29, 1.82) is 0 Å². The van der Waals surface area contributed by atoms with Crippen LogP contribution in [-0.4, -0.2) is 24.7 Å². The van der Waals surface area contributed by atoms with E-state index in [2.05, 4.69) is 5.32 Å². The number of benzene rings is 2. The monoisotopic (exact) mass is 394 g/mol. The third-order valence-electron chi connectivity index (χ3n) is 5.17. The van der Waals surface area contributed by atoms with Gasteiger partial charge in [-0.25, -0.2) is 0 Å². The van der Waals surface area contributed by atoms with Crippen molar-refractivity contribution in [3.8, 4) is 0 Å². The predicted octanol–water partition coefficient (Wildman–Crippen LogP) is 4.45. The third-order valence-corrected chi connectivity index (χ3v) is 5.17. The zero-order valence-corrected chi connectivity index (χ0v) is 15.2. The van der Waals surface area contributed by atoms with E-state index in [-0.39, 0.29) is 5.69 Å². The number of nitrogens with one attached hydrogen (secondary N) is 1. The molecule has 1 aliphatic rings. The van der Waals surface area contributed by atoms with E-state index < -0.39 is 22.1 Å². The molecule has 3 rings (SSSR count). The van der Waals surface area contributed by atoms with Crippen LogP contribution in [0.2, 0.25) is 0 Å². The minimum atomic E-state index is -4.39. The van der Waals surface area contributed by atoms with Gasteiger partial charge in [0.25, 0.3) is 5.69 Å². The number of ether oxygens (including phenoxy) is 1. The first-order valence-electron chi connectivity index (χ1n) is 9.00. The van der Waals surface area contributed by atoms with Gasteiger partial charge < -0.3 is 10.1 Å². The Hall–Kier alpha value is -2.45. The van der Waals surface area contributed by atoms with Crippen LogP contribution in [0.5, 0.6) is 0 Å². The van der Waals surface area contributed by atoms with E-state index in [1.54, 1.807) is 18.2 Å². The van der Waals surface area contributed by atoms with Crippen LogP contribution in [0.25, 0.3) is 0 Å². The Labute approximate surface area is 160 Å². The molecule has 1 fully saturated rings. The van der Waals surface area contributed by atoms with E-state index >= 15 is 0 Å². The second-order valence-electron chi connectivity index (χ2n) is 7.00. The number of rotatable bonds is 6. The summed E-state index contributed by atoms with van der Waals surface area (Å²) in [5.74, 6) is 0. The standard InChI is InChI=1S/C20H21F3N2O3/c21-20(22,23)17-5-2-4-16(12-17)19(7-9-28-10-8-19)14-24-13-15-3-1-6-18(11-15)25(26)27/h1-6,11-12,24H,7-10,13-14H2. The van der Waals surface area contributed by atoms with Gasteiger partial charge in [0.2, 0.25) is 0 Å². The molecule has 0 unspecified atom stereocenters. The second-order valence-corrected chi connectivity index (χ2v) is 7.00. The van der Waals surface area contributed by atoms with E-state index in [9.17, 15) is 23.3 Å². The minimum absolute atomic E-state index is 0.0120. The first kappa shape index (κ1) is 20.3. The summed E-state index contributed by atoms with van der Waals surface area (Å²) >= 11 is 0. The maximum Gasteiger partial charge on any atom is 0.416 e. The molecule has 0 radical (unpaired) electrons. The zero-order chi connectivity index (χ0) is 20.2. The van der Waals surface area contributed by atoms with Crippen LogP contribution in [0.1, 0.15) is 29.5 Å². The average molecular weight is 394 g/mol. The molecule has 2 aromatic rings. The molecule has 0 bridgehead atoms. The number of hydrogen-bond donors (Lipinski definition) is 1. The van der Waals surface area contributed by atoms with Crippen molar-refractivity contribution in [2.45, 2.75) is 31.0 Å². The molecule has 0 atom stereocenters. The number of nitro groups is 1. The number of nitro benzene ring substituents is 1. The number of hydrogen-bond acceptors (Lipinski definition) is 4. The van der Waals surface area contributed by atoms with Crippen LogP contribution < -0.4 is 5.32 Å². The number of halogens is 3. The minimum Gasteiger partial charge on any atom is -0.381 e. The topological polar surface area (TPSA) is 64.4 Å². The number of nitrogens with zero attached hydrogens (tertiary/aromatic N) is 1. The van der Waals surface area contributed by atoms with E-state index in [1.165, 1.54) is 24.3 Å². The van der Waals surface area contributed by atoms with Gasteiger partial charge in [0.1, 0.15) is 0 Å². The Kier molecular flexibility index (Phi) is 6.00. The highest BCUT2D eigenvalue weighted by Crippen LogP contribution is 2.37. The van der Waals surface area contributed by atoms with E-state index in [4.69, 9.17) is 4.74 Å². The summed E-state index contributed by atoms with van der Waals surface area (Å²) in [5, 5.41) is 14.2. The molecular formula is C20H21F3N2O3. The van der Waals surface area contributed by atoms with Crippen molar-refractivity contribution in [3.05, 3.63) is 75.3 Å². The Morgan fingerprint density at radius 1 is 1.11 bits per heavy atom. The van der Waals surface area contributed by atoms with Crippen molar-refractivity contribution in [2.24, 2.45) is 0 Å². The van der Waals surface area contributed by atoms with Crippen LogP contribution in [0.3, 0.4) is 0 Å². The first-order valence-corrected chi connectivity index (χ1v) is 9.00. The van der Waals surface area contributed by atoms with Gasteiger partial charge in [-0.3, -0.25) is 10.1 Å². The van der Waals surface area contributed by atoms with Crippen LogP contribution in [0.15, 0.2) is 48.5 Å². The Morgan fingerprint density at radius 3 is 2.50 bits per heavy atom. The summed E-state index contributed by atoms with van der Waals surface area (Å²) < 4.78 is 44.8. The molecule has 150 valence electrons. The van der Waals surface area contributed by atoms with Gasteiger partial charge in [-0.2, -0.15) is 13.2 Å². The summed E-state index contributed by atoms with van der Waals surface area (Å²) in [7, 11) is 0. The van der Waals surface area contributed by atoms with Gasteiger partial charge in [-0.1, -0.05) is 30.3 Å². The lowest BCUT2D eigenvalue weighted by molar-refractivity contribution is -0.384. The maximum atomic E-state index is 13.1. The molecule has 1 N–H and O–H groups in total. The van der Waals surface area contributed by atoms with Gasteiger partial charge >= 0.3 is 6.18 Å². The fourth-order valence-corrected chi connectivity index (χ4v) is 3.58. The summed E-state index contributed by atoms with van der Waals surface area (Å²) in [6.07, 6.45) is -3.18. The summed E-state index contributed by atoms with van der Waals surface area (Å²) in [6.45, 7) is 1.81. The van der Waals surface area contributed by atoms with Gasteiger partial charge in [-0.15, -0.1) is 0 Å². The van der Waals surface area contributed by atoms with Crippen molar-refractivity contribution in [2.75, 3.05) is 19.8 Å². The summed E-state index contributed by atoms with van der Waals surface area (Å²) in [5.41, 5.74) is 0.269. The molecule has 5 nitrogen and oxygen atoms in total. The SMILES string of the molecule is O=[N+]([O-])c1cccc(CNCC2(c3cccc(C(F)(F)F)c3)CCOCC2)c1. The largest absolute Gasteiger partial charge is 0.416 e. The van der Waals surface area contributed by atoms with Crippen molar-refractivity contribution >= 4 is 5.69 Å². The first-order chi connectivity index (χ1) is 13.3. The summed E-state index contributed by atoms with van der Waals surface area (Å²) in [4.78, 5) is 10.5. The highest BCUT2D eigenvalue weighted by molar-refractivity contribution is 5.35. The quantitative estimate of drug-likeness (QED) is 0.581. The molecule has 0 aliphatic carbocycles. The molecule has 28 heavy (non-hydrogen) atoms. The highest BCUT2D eigenvalue weighted by Gasteiger charge is 2.37. The van der Waals surface area contributed by atoms with Crippen LogP contribution in [0.4, 0.5) is 18.9 Å². The Morgan fingerprint density at radius 2 is 1.82 bits per heavy atom. The molecule has 0 aromatic heterocycles. The average Bonchev–Trinajstić information content (AvgIpc) is 2.68. The smallest absolute Gasteiger partial charge is 0.381 e. The molecule has 1 aliphatic heterocycles. The Balaban J connectivity index is 1.77.